The van der Waals surface area contributed by atoms with Crippen LogP contribution in [0.4, 0.5) is 0 Å². The molecule has 1 aromatic rings. The first-order valence-electron chi connectivity index (χ1n) is 9.22. The Morgan fingerprint density at radius 1 is 1.24 bits per heavy atom. The van der Waals surface area contributed by atoms with Gasteiger partial charge in [0.2, 0.25) is 5.76 Å². The van der Waals surface area contributed by atoms with Crippen LogP contribution in [0.3, 0.4) is 0 Å². The Bertz CT molecular complexity index is 713. The van der Waals surface area contributed by atoms with Crippen molar-refractivity contribution >= 4 is 5.91 Å². The van der Waals surface area contributed by atoms with E-state index in [4.69, 9.17) is 9.47 Å². The molecule has 4 saturated carbocycles. The van der Waals surface area contributed by atoms with Gasteiger partial charge in [0.1, 0.15) is 31.6 Å². The number of amides is 1. The molecule has 4 bridgehead atoms. The van der Waals surface area contributed by atoms with Crippen LogP contribution in [0.25, 0.3) is 0 Å². The van der Waals surface area contributed by atoms with Crippen molar-refractivity contribution in [1.29, 1.82) is 0 Å². The minimum Gasteiger partial charge on any atom is -0.491 e. The highest BCUT2D eigenvalue weighted by Crippen LogP contribution is 2.60. The van der Waals surface area contributed by atoms with Crippen molar-refractivity contribution in [3.8, 4) is 0 Å². The summed E-state index contributed by atoms with van der Waals surface area (Å²) in [5, 5.41) is 7.81. The van der Waals surface area contributed by atoms with E-state index >= 15 is 0 Å². The normalized spacial score (nSPS) is 39.1. The highest BCUT2D eigenvalue weighted by atomic mass is 16.6. The summed E-state index contributed by atoms with van der Waals surface area (Å²) in [7, 11) is 0. The second-order valence-corrected chi connectivity index (χ2v) is 8.34. The first-order valence-corrected chi connectivity index (χ1v) is 9.22. The van der Waals surface area contributed by atoms with Gasteiger partial charge >= 0.3 is 0 Å². The maximum atomic E-state index is 12.9. The molecule has 0 radical (unpaired) electrons. The van der Waals surface area contributed by atoms with Crippen LogP contribution in [0.1, 0.15) is 45.4 Å². The third-order valence-electron chi connectivity index (χ3n) is 6.49. The van der Waals surface area contributed by atoms with Crippen LogP contribution in [0, 0.1) is 11.8 Å². The number of rotatable bonds is 3. The van der Waals surface area contributed by atoms with Crippen molar-refractivity contribution in [1.82, 2.24) is 20.1 Å². The van der Waals surface area contributed by atoms with Gasteiger partial charge in [0.05, 0.1) is 5.54 Å². The van der Waals surface area contributed by atoms with E-state index < -0.39 is 0 Å². The monoisotopic (exact) mass is 344 g/mol. The molecule has 7 heteroatoms. The van der Waals surface area contributed by atoms with Crippen LogP contribution in [0.5, 0.6) is 0 Å². The fraction of sp³-hybridized carbons (Fsp3) is 0.722. The van der Waals surface area contributed by atoms with Crippen molar-refractivity contribution in [2.75, 3.05) is 13.2 Å². The average molecular weight is 344 g/mol. The molecular weight excluding hydrogens is 320 g/mol. The van der Waals surface area contributed by atoms with Gasteiger partial charge in [0.25, 0.3) is 5.91 Å². The van der Waals surface area contributed by atoms with Gasteiger partial charge in [0.15, 0.2) is 0 Å². The maximum absolute atomic E-state index is 12.9. The highest BCUT2D eigenvalue weighted by Gasteiger charge is 2.59. The second-order valence-electron chi connectivity index (χ2n) is 8.34. The molecule has 0 aromatic carbocycles. The zero-order chi connectivity index (χ0) is 17.1. The minimum absolute atomic E-state index is 0.00120. The summed E-state index contributed by atoms with van der Waals surface area (Å²) < 4.78 is 13.1. The highest BCUT2D eigenvalue weighted by molar-refractivity contribution is 5.92. The van der Waals surface area contributed by atoms with E-state index in [-0.39, 0.29) is 17.0 Å². The van der Waals surface area contributed by atoms with Crippen LogP contribution in [-0.4, -0.2) is 39.4 Å². The molecule has 1 amide bonds. The topological polar surface area (TPSA) is 78.3 Å². The van der Waals surface area contributed by atoms with Crippen molar-refractivity contribution < 1.29 is 14.3 Å². The van der Waals surface area contributed by atoms with E-state index in [1.807, 2.05) is 6.33 Å². The second kappa shape index (κ2) is 5.22. The van der Waals surface area contributed by atoms with Crippen molar-refractivity contribution in [2.45, 2.75) is 56.5 Å². The van der Waals surface area contributed by atoms with Gasteiger partial charge < -0.3 is 14.8 Å². The lowest BCUT2D eigenvalue weighted by atomic mass is 9.50. The summed E-state index contributed by atoms with van der Waals surface area (Å²) >= 11 is 0. The van der Waals surface area contributed by atoms with Gasteiger partial charge in [-0.25, -0.2) is 9.67 Å². The van der Waals surface area contributed by atoms with E-state index in [0.717, 1.165) is 32.1 Å². The number of allylic oxidation sites excluding steroid dienone is 1. The molecule has 134 valence electrons. The number of ether oxygens (including phenoxy) is 2. The molecule has 5 aliphatic rings. The molecule has 6 rings (SSSR count). The zero-order valence-electron chi connectivity index (χ0n) is 14.5. The molecule has 0 spiro atoms. The van der Waals surface area contributed by atoms with Crippen LogP contribution in [0.15, 0.2) is 24.2 Å². The number of nitrogens with one attached hydrogen (secondary N) is 1. The molecule has 4 fully saturated rings. The Morgan fingerprint density at radius 3 is 2.68 bits per heavy atom. The largest absolute Gasteiger partial charge is 0.491 e. The first kappa shape index (κ1) is 15.2. The Labute approximate surface area is 146 Å². The number of carbonyl (C=O) groups excluding carboxylic acids is 1. The standard InChI is InChI=1S/C18H24N4O3/c1-12-15(25-3-2-24-12)16(23)21-17-5-13-4-14(6-17)8-18(7-13,9-17)22-11-19-10-20-22/h10-11,13-14H,2-9H2,1H3,(H,21,23). The van der Waals surface area contributed by atoms with Crippen molar-refractivity contribution in [2.24, 2.45) is 11.8 Å². The fourth-order valence-electron chi connectivity index (χ4n) is 6.11. The SMILES string of the molecule is CC1=C(C(=O)NC23CC4CC(C2)CC(n2cncn2)(C4)C3)OCCO1. The summed E-state index contributed by atoms with van der Waals surface area (Å²) in [6.07, 6.45) is 10.1. The smallest absolute Gasteiger partial charge is 0.290 e. The number of aromatic nitrogens is 3. The molecule has 7 nitrogen and oxygen atoms in total. The molecule has 4 aliphatic carbocycles. The van der Waals surface area contributed by atoms with Crippen LogP contribution < -0.4 is 5.32 Å². The third kappa shape index (κ3) is 2.35. The lowest BCUT2D eigenvalue weighted by Crippen LogP contribution is -2.66. The van der Waals surface area contributed by atoms with Gasteiger partial charge in [-0.2, -0.15) is 5.10 Å². The van der Waals surface area contributed by atoms with Gasteiger partial charge in [-0.15, -0.1) is 0 Å². The Kier molecular flexibility index (Phi) is 3.18. The van der Waals surface area contributed by atoms with Crippen LogP contribution in [0.2, 0.25) is 0 Å². The van der Waals surface area contributed by atoms with E-state index in [2.05, 4.69) is 20.1 Å². The summed E-state index contributed by atoms with van der Waals surface area (Å²) in [6.45, 7) is 2.74. The molecule has 2 heterocycles. The summed E-state index contributed by atoms with van der Waals surface area (Å²) in [5.74, 6) is 2.08. The number of hydrogen-bond donors (Lipinski definition) is 1. The summed E-state index contributed by atoms with van der Waals surface area (Å²) in [5.41, 5.74) is -0.164. The predicted octanol–water partition coefficient (Wildman–Crippen LogP) is 1.72. The summed E-state index contributed by atoms with van der Waals surface area (Å²) in [6, 6.07) is 0. The molecule has 1 aliphatic heterocycles. The van der Waals surface area contributed by atoms with E-state index in [1.54, 1.807) is 13.3 Å². The summed E-state index contributed by atoms with van der Waals surface area (Å²) in [4.78, 5) is 17.0. The Hall–Kier alpha value is -2.05. The number of carbonyl (C=O) groups is 1. The fourth-order valence-corrected chi connectivity index (χ4v) is 6.11. The number of nitrogens with zero attached hydrogens (tertiary/aromatic N) is 3. The average Bonchev–Trinajstić information content (AvgIpc) is 3.08. The number of hydrogen-bond acceptors (Lipinski definition) is 5. The lowest BCUT2D eigenvalue weighted by Gasteiger charge is -2.61. The van der Waals surface area contributed by atoms with E-state index in [1.165, 1.54) is 6.42 Å². The zero-order valence-corrected chi connectivity index (χ0v) is 14.5. The molecule has 1 N–H and O–H groups in total. The maximum Gasteiger partial charge on any atom is 0.290 e. The molecule has 25 heavy (non-hydrogen) atoms. The molecule has 0 saturated heterocycles. The molecule has 2 unspecified atom stereocenters. The van der Waals surface area contributed by atoms with E-state index in [9.17, 15) is 4.79 Å². The first-order chi connectivity index (χ1) is 12.1. The molecule has 1 aromatic heterocycles. The Morgan fingerprint density at radius 2 is 2.00 bits per heavy atom. The van der Waals surface area contributed by atoms with Crippen molar-refractivity contribution in [3.05, 3.63) is 24.2 Å². The van der Waals surface area contributed by atoms with Gasteiger partial charge in [-0.3, -0.25) is 4.79 Å². The minimum atomic E-state index is -0.165. The van der Waals surface area contributed by atoms with Gasteiger partial charge in [0, 0.05) is 5.54 Å². The van der Waals surface area contributed by atoms with Crippen molar-refractivity contribution in [3.63, 3.8) is 0 Å². The van der Waals surface area contributed by atoms with Gasteiger partial charge in [-0.05, 0) is 57.3 Å². The van der Waals surface area contributed by atoms with Gasteiger partial charge in [-0.1, -0.05) is 0 Å². The van der Waals surface area contributed by atoms with Crippen LogP contribution in [-0.2, 0) is 19.8 Å². The van der Waals surface area contributed by atoms with E-state index in [0.29, 0.717) is 36.6 Å². The van der Waals surface area contributed by atoms with Crippen LogP contribution >= 0.6 is 0 Å². The predicted molar refractivity (Wildman–Crippen MR) is 88.2 cm³/mol. The lowest BCUT2D eigenvalue weighted by molar-refractivity contribution is -0.132. The quantitative estimate of drug-likeness (QED) is 0.903. The molecule has 2 atom stereocenters. The Balaban J connectivity index is 1.44. The molecular formula is C18H24N4O3. The third-order valence-corrected chi connectivity index (χ3v) is 6.49.